The van der Waals surface area contributed by atoms with Crippen LogP contribution in [0.15, 0.2) is 20.2 Å². The van der Waals surface area contributed by atoms with E-state index >= 15 is 0 Å². The van der Waals surface area contributed by atoms with Crippen LogP contribution in [0.4, 0.5) is 0 Å². The molecule has 0 unspecified atom stereocenters. The highest BCUT2D eigenvalue weighted by molar-refractivity contribution is 9.11. The van der Waals surface area contributed by atoms with E-state index in [2.05, 4.69) is 36.8 Å². The second kappa shape index (κ2) is 4.43. The first-order chi connectivity index (χ1) is 5.65. The van der Waals surface area contributed by atoms with Gasteiger partial charge in [-0.15, -0.1) is 11.8 Å². The SMILES string of the molecule is CSCn1cc(Br)nc(Br)c1=O. The van der Waals surface area contributed by atoms with Crippen molar-refractivity contribution in [3.8, 4) is 0 Å². The number of rotatable bonds is 2. The molecule has 1 rings (SSSR count). The molecule has 0 spiro atoms. The first kappa shape index (κ1) is 10.3. The Labute approximate surface area is 90.8 Å². The molecule has 6 heteroatoms. The van der Waals surface area contributed by atoms with Gasteiger partial charge in [0.05, 0.1) is 5.88 Å². The van der Waals surface area contributed by atoms with E-state index < -0.39 is 0 Å². The minimum atomic E-state index is -0.104. The number of thioether (sulfide) groups is 1. The van der Waals surface area contributed by atoms with Crippen molar-refractivity contribution in [1.82, 2.24) is 9.55 Å². The summed E-state index contributed by atoms with van der Waals surface area (Å²) in [6, 6.07) is 0. The summed E-state index contributed by atoms with van der Waals surface area (Å²) in [4.78, 5) is 15.2. The molecule has 1 heterocycles. The maximum Gasteiger partial charge on any atom is 0.284 e. The largest absolute Gasteiger partial charge is 0.301 e. The van der Waals surface area contributed by atoms with Crippen LogP contribution in [0.3, 0.4) is 0 Å². The van der Waals surface area contributed by atoms with Gasteiger partial charge in [-0.2, -0.15) is 0 Å². The van der Waals surface area contributed by atoms with Crippen LogP contribution >= 0.6 is 43.6 Å². The molecule has 0 saturated carbocycles. The predicted molar refractivity (Wildman–Crippen MR) is 57.4 cm³/mol. The van der Waals surface area contributed by atoms with Crippen molar-refractivity contribution in [2.75, 3.05) is 6.26 Å². The Kier molecular flexibility index (Phi) is 3.79. The maximum absolute atomic E-state index is 11.3. The molecule has 1 aromatic rings. The lowest BCUT2D eigenvalue weighted by molar-refractivity contribution is 0.805. The molecule has 66 valence electrons. The number of nitrogens with zero attached hydrogens (tertiary/aromatic N) is 2. The number of aromatic nitrogens is 2. The van der Waals surface area contributed by atoms with Gasteiger partial charge < -0.3 is 4.57 Å². The molecule has 1 aromatic heterocycles. The summed E-state index contributed by atoms with van der Waals surface area (Å²) in [5, 5.41) is 0. The highest BCUT2D eigenvalue weighted by atomic mass is 79.9. The summed E-state index contributed by atoms with van der Waals surface area (Å²) < 4.78 is 2.58. The van der Waals surface area contributed by atoms with E-state index in [9.17, 15) is 4.79 Å². The topological polar surface area (TPSA) is 34.9 Å². The molecule has 0 aromatic carbocycles. The van der Waals surface area contributed by atoms with E-state index in [1.165, 1.54) is 0 Å². The first-order valence-corrected chi connectivity index (χ1v) is 6.04. The van der Waals surface area contributed by atoms with Crippen molar-refractivity contribution in [2.24, 2.45) is 0 Å². The van der Waals surface area contributed by atoms with Gasteiger partial charge in [-0.25, -0.2) is 4.98 Å². The molecule has 0 aliphatic heterocycles. The van der Waals surface area contributed by atoms with Crippen molar-refractivity contribution >= 4 is 43.6 Å². The van der Waals surface area contributed by atoms with Crippen molar-refractivity contribution in [2.45, 2.75) is 5.88 Å². The number of halogens is 2. The van der Waals surface area contributed by atoms with Crippen molar-refractivity contribution in [3.63, 3.8) is 0 Å². The lowest BCUT2D eigenvalue weighted by Gasteiger charge is -2.03. The normalized spacial score (nSPS) is 10.2. The zero-order valence-corrected chi connectivity index (χ0v) is 10.2. The molecular formula is C6H6Br2N2OS. The Bertz CT molecular complexity index is 339. The van der Waals surface area contributed by atoms with Gasteiger partial charge in [-0.1, -0.05) is 0 Å². The molecule has 0 N–H and O–H groups in total. The van der Waals surface area contributed by atoms with Gasteiger partial charge in [-0.05, 0) is 38.1 Å². The predicted octanol–water partition coefficient (Wildman–Crippen LogP) is 2.09. The summed E-state index contributed by atoms with van der Waals surface area (Å²) in [6.07, 6.45) is 3.61. The third-order valence-corrected chi connectivity index (χ3v) is 2.61. The zero-order chi connectivity index (χ0) is 9.14. The molecule has 0 atom stereocenters. The highest BCUT2D eigenvalue weighted by Crippen LogP contribution is 2.08. The lowest BCUT2D eigenvalue weighted by atomic mass is 10.7. The van der Waals surface area contributed by atoms with Crippen LogP contribution in [-0.4, -0.2) is 15.8 Å². The first-order valence-electron chi connectivity index (χ1n) is 3.06. The Balaban J connectivity index is 3.19. The van der Waals surface area contributed by atoms with E-state index in [1.807, 2.05) is 6.26 Å². The summed E-state index contributed by atoms with van der Waals surface area (Å²) in [5.74, 6) is 0.637. The third kappa shape index (κ3) is 2.34. The van der Waals surface area contributed by atoms with Crippen LogP contribution < -0.4 is 5.56 Å². The van der Waals surface area contributed by atoms with Crippen LogP contribution in [0.5, 0.6) is 0 Å². The third-order valence-electron chi connectivity index (χ3n) is 1.17. The molecule has 3 nitrogen and oxygen atoms in total. The molecule has 0 radical (unpaired) electrons. The minimum Gasteiger partial charge on any atom is -0.301 e. The molecule has 0 bridgehead atoms. The molecular weight excluding hydrogens is 308 g/mol. The van der Waals surface area contributed by atoms with Crippen LogP contribution in [0.2, 0.25) is 0 Å². The van der Waals surface area contributed by atoms with Gasteiger partial charge in [0.1, 0.15) is 4.60 Å². The lowest BCUT2D eigenvalue weighted by Crippen LogP contribution is -2.20. The highest BCUT2D eigenvalue weighted by Gasteiger charge is 2.02. The van der Waals surface area contributed by atoms with E-state index in [1.54, 1.807) is 22.5 Å². The Hall–Kier alpha value is 0.190. The van der Waals surface area contributed by atoms with E-state index in [-0.39, 0.29) is 5.56 Å². The Morgan fingerprint density at radius 2 is 2.33 bits per heavy atom. The molecule has 0 aliphatic rings. The molecule has 12 heavy (non-hydrogen) atoms. The number of hydrogen-bond acceptors (Lipinski definition) is 3. The van der Waals surface area contributed by atoms with Crippen LogP contribution in [0, 0.1) is 0 Å². The van der Waals surface area contributed by atoms with E-state index in [4.69, 9.17) is 0 Å². The molecule has 0 saturated heterocycles. The van der Waals surface area contributed by atoms with Crippen molar-refractivity contribution in [3.05, 3.63) is 25.8 Å². The van der Waals surface area contributed by atoms with Crippen molar-refractivity contribution in [1.29, 1.82) is 0 Å². The van der Waals surface area contributed by atoms with Gasteiger partial charge in [0.2, 0.25) is 0 Å². The second-order valence-corrected chi connectivity index (χ2v) is 4.45. The van der Waals surface area contributed by atoms with E-state index in [0.29, 0.717) is 15.1 Å². The number of hydrogen-bond donors (Lipinski definition) is 0. The summed E-state index contributed by atoms with van der Waals surface area (Å²) in [5.41, 5.74) is -0.104. The standard InChI is InChI=1S/C6H6Br2N2OS/c1-12-3-10-2-4(7)9-5(8)6(10)11/h2H,3H2,1H3. The Morgan fingerprint density at radius 3 is 2.92 bits per heavy atom. The van der Waals surface area contributed by atoms with Crippen molar-refractivity contribution < 1.29 is 0 Å². The summed E-state index contributed by atoms with van der Waals surface area (Å²) >= 11 is 7.87. The average Bonchev–Trinajstić information content (AvgIpc) is 2.00. The average molecular weight is 314 g/mol. The summed E-state index contributed by atoms with van der Waals surface area (Å²) in [6.45, 7) is 0. The fourth-order valence-electron chi connectivity index (χ4n) is 0.711. The fourth-order valence-corrected chi connectivity index (χ4v) is 2.26. The van der Waals surface area contributed by atoms with Gasteiger partial charge in [0, 0.05) is 6.20 Å². The molecule has 0 amide bonds. The maximum atomic E-state index is 11.3. The van der Waals surface area contributed by atoms with Crippen LogP contribution in [-0.2, 0) is 5.88 Å². The van der Waals surface area contributed by atoms with Gasteiger partial charge in [-0.3, -0.25) is 4.79 Å². The smallest absolute Gasteiger partial charge is 0.284 e. The summed E-state index contributed by atoms with van der Waals surface area (Å²) in [7, 11) is 0. The van der Waals surface area contributed by atoms with E-state index in [0.717, 1.165) is 0 Å². The van der Waals surface area contributed by atoms with Gasteiger partial charge in [0.25, 0.3) is 5.56 Å². The van der Waals surface area contributed by atoms with Gasteiger partial charge >= 0.3 is 0 Å². The Morgan fingerprint density at radius 1 is 1.67 bits per heavy atom. The minimum absolute atomic E-state index is 0.104. The molecule has 0 aliphatic carbocycles. The molecule has 0 fully saturated rings. The van der Waals surface area contributed by atoms with Crippen LogP contribution in [0.25, 0.3) is 0 Å². The second-order valence-electron chi connectivity index (χ2n) is 2.05. The zero-order valence-electron chi connectivity index (χ0n) is 6.25. The monoisotopic (exact) mass is 312 g/mol. The fraction of sp³-hybridized carbons (Fsp3) is 0.333. The quantitative estimate of drug-likeness (QED) is 0.838. The van der Waals surface area contributed by atoms with Crippen LogP contribution in [0.1, 0.15) is 0 Å². The van der Waals surface area contributed by atoms with Gasteiger partial charge in [0.15, 0.2) is 4.60 Å².